The number of nitrogens with two attached hydrogens (primary N) is 1. The first-order valence-electron chi connectivity index (χ1n) is 5.94. The van der Waals surface area contributed by atoms with Crippen molar-refractivity contribution in [3.8, 4) is 0 Å². The highest BCUT2D eigenvalue weighted by molar-refractivity contribution is 7.89. The van der Waals surface area contributed by atoms with Gasteiger partial charge in [-0.15, -0.1) is 0 Å². The van der Waals surface area contributed by atoms with Crippen LogP contribution in [0.3, 0.4) is 0 Å². The van der Waals surface area contributed by atoms with Crippen molar-refractivity contribution in [1.82, 2.24) is 10.3 Å². The lowest BCUT2D eigenvalue weighted by Gasteiger charge is -2.19. The van der Waals surface area contributed by atoms with Gasteiger partial charge >= 0.3 is 6.09 Å². The summed E-state index contributed by atoms with van der Waals surface area (Å²) >= 11 is 0. The molecule has 1 rings (SSSR count). The highest BCUT2D eigenvalue weighted by Crippen LogP contribution is 2.12. The molecule has 0 unspecified atom stereocenters. The molecule has 0 bridgehead atoms. The molecule has 0 saturated carbocycles. The molecule has 8 heteroatoms. The zero-order valence-corrected chi connectivity index (χ0v) is 12.7. The van der Waals surface area contributed by atoms with Crippen molar-refractivity contribution in [2.45, 2.75) is 44.7 Å². The fraction of sp³-hybridized carbons (Fsp3) is 0.500. The Morgan fingerprint density at radius 3 is 2.55 bits per heavy atom. The first-order chi connectivity index (χ1) is 8.99. The van der Waals surface area contributed by atoms with Gasteiger partial charge in [-0.3, -0.25) is 4.98 Å². The maximum absolute atomic E-state index is 11.5. The second-order valence-electron chi connectivity index (χ2n) is 5.32. The Balaban J connectivity index is 2.81. The molecule has 1 aromatic rings. The Morgan fingerprint density at radius 1 is 1.45 bits per heavy atom. The molecule has 3 N–H and O–H groups in total. The van der Waals surface area contributed by atoms with Gasteiger partial charge in [-0.05, 0) is 39.3 Å². The minimum atomic E-state index is -3.82. The lowest BCUT2D eigenvalue weighted by atomic mass is 10.2. The normalized spacial score (nSPS) is 12.1. The Bertz CT molecular complexity index is 606. The average molecular weight is 301 g/mol. The molecule has 0 atom stereocenters. The van der Waals surface area contributed by atoms with E-state index >= 15 is 0 Å². The van der Waals surface area contributed by atoms with Gasteiger partial charge < -0.3 is 10.1 Å². The van der Waals surface area contributed by atoms with Crippen LogP contribution < -0.4 is 10.5 Å². The van der Waals surface area contributed by atoms with Gasteiger partial charge in [0.05, 0.1) is 0 Å². The molecule has 0 aliphatic heterocycles. The van der Waals surface area contributed by atoms with Gasteiger partial charge in [-0.2, -0.15) is 0 Å². The summed E-state index contributed by atoms with van der Waals surface area (Å²) in [5.74, 6) is 0. The SMILES string of the molecule is Cc1ncc(S(N)(=O)=O)cc1CNC(=O)OC(C)(C)C. The molecule has 0 aliphatic rings. The topological polar surface area (TPSA) is 111 Å². The summed E-state index contributed by atoms with van der Waals surface area (Å²) < 4.78 is 27.6. The van der Waals surface area contributed by atoms with E-state index in [9.17, 15) is 13.2 Å². The summed E-state index contributed by atoms with van der Waals surface area (Å²) in [6.45, 7) is 7.07. The summed E-state index contributed by atoms with van der Waals surface area (Å²) in [4.78, 5) is 15.4. The molecule has 0 saturated heterocycles. The van der Waals surface area contributed by atoms with Crippen LogP contribution in [0.25, 0.3) is 0 Å². The maximum Gasteiger partial charge on any atom is 0.407 e. The van der Waals surface area contributed by atoms with E-state index in [-0.39, 0.29) is 11.4 Å². The molecule has 112 valence electrons. The predicted octanol–water partition coefficient (Wildman–Crippen LogP) is 1.06. The monoisotopic (exact) mass is 301 g/mol. The number of alkyl carbamates (subject to hydrolysis) is 1. The molecule has 0 spiro atoms. The van der Waals surface area contributed by atoms with Crippen molar-refractivity contribution in [1.29, 1.82) is 0 Å². The van der Waals surface area contributed by atoms with Crippen molar-refractivity contribution in [3.63, 3.8) is 0 Å². The van der Waals surface area contributed by atoms with Crippen molar-refractivity contribution in [2.24, 2.45) is 5.14 Å². The second kappa shape index (κ2) is 5.76. The molecule has 1 aromatic heterocycles. The van der Waals surface area contributed by atoms with Crippen molar-refractivity contribution < 1.29 is 17.9 Å². The predicted molar refractivity (Wildman–Crippen MR) is 73.4 cm³/mol. The number of pyridine rings is 1. The Kier molecular flexibility index (Phi) is 4.72. The molecule has 7 nitrogen and oxygen atoms in total. The number of hydrogen-bond acceptors (Lipinski definition) is 5. The quantitative estimate of drug-likeness (QED) is 0.867. The molecule has 0 fully saturated rings. The number of primary sulfonamides is 1. The smallest absolute Gasteiger partial charge is 0.407 e. The lowest BCUT2D eigenvalue weighted by Crippen LogP contribution is -2.32. The number of nitrogens with zero attached hydrogens (tertiary/aromatic N) is 1. The molecule has 0 radical (unpaired) electrons. The Hall–Kier alpha value is -1.67. The van der Waals surface area contributed by atoms with Gasteiger partial charge in [-0.1, -0.05) is 0 Å². The van der Waals surface area contributed by atoms with Crippen LogP contribution in [-0.4, -0.2) is 25.1 Å². The average Bonchev–Trinajstić information content (AvgIpc) is 2.24. The Morgan fingerprint density at radius 2 is 2.05 bits per heavy atom. The number of sulfonamides is 1. The standard InChI is InChI=1S/C12H19N3O4S/c1-8-9(5-10(7-14-8)20(13,17)18)6-15-11(16)19-12(2,3)4/h5,7H,6H2,1-4H3,(H,15,16)(H2,13,17,18). The Labute approximate surface area is 118 Å². The molecule has 0 aromatic carbocycles. The van der Waals surface area contributed by atoms with E-state index in [2.05, 4.69) is 10.3 Å². The van der Waals surface area contributed by atoms with E-state index in [1.54, 1.807) is 27.7 Å². The first-order valence-corrected chi connectivity index (χ1v) is 7.49. The number of amides is 1. The molecular weight excluding hydrogens is 282 g/mol. The lowest BCUT2D eigenvalue weighted by molar-refractivity contribution is 0.0523. The molecule has 0 aliphatic carbocycles. The van der Waals surface area contributed by atoms with Crippen LogP contribution in [-0.2, 0) is 21.3 Å². The zero-order valence-electron chi connectivity index (χ0n) is 11.9. The highest BCUT2D eigenvalue weighted by Gasteiger charge is 2.16. The minimum absolute atomic E-state index is 0.0934. The molecular formula is C12H19N3O4S. The highest BCUT2D eigenvalue weighted by atomic mass is 32.2. The first kappa shape index (κ1) is 16.4. The third-order valence-corrected chi connectivity index (χ3v) is 3.20. The number of rotatable bonds is 3. The number of aryl methyl sites for hydroxylation is 1. The summed E-state index contributed by atoms with van der Waals surface area (Å²) in [6.07, 6.45) is 0.597. The van der Waals surface area contributed by atoms with E-state index in [1.165, 1.54) is 12.3 Å². The number of hydrogen-bond donors (Lipinski definition) is 2. The van der Waals surface area contributed by atoms with Gasteiger partial charge in [0, 0.05) is 18.4 Å². The largest absolute Gasteiger partial charge is 0.444 e. The fourth-order valence-electron chi connectivity index (χ4n) is 1.37. The van der Waals surface area contributed by atoms with Gasteiger partial charge in [0.15, 0.2) is 0 Å². The van der Waals surface area contributed by atoms with E-state index in [4.69, 9.17) is 9.88 Å². The number of aromatic nitrogens is 1. The molecule has 1 amide bonds. The van der Waals surface area contributed by atoms with E-state index < -0.39 is 21.7 Å². The van der Waals surface area contributed by atoms with Crippen molar-refractivity contribution >= 4 is 16.1 Å². The van der Waals surface area contributed by atoms with Crippen LogP contribution in [0.2, 0.25) is 0 Å². The van der Waals surface area contributed by atoms with E-state index in [1.807, 2.05) is 0 Å². The fourth-order valence-corrected chi connectivity index (χ4v) is 1.88. The summed E-state index contributed by atoms with van der Waals surface area (Å²) in [6, 6.07) is 1.38. The van der Waals surface area contributed by atoms with E-state index in [0.29, 0.717) is 11.3 Å². The second-order valence-corrected chi connectivity index (χ2v) is 6.88. The summed E-state index contributed by atoms with van der Waals surface area (Å²) in [5.41, 5.74) is 0.565. The van der Waals surface area contributed by atoms with Crippen molar-refractivity contribution in [2.75, 3.05) is 0 Å². The minimum Gasteiger partial charge on any atom is -0.444 e. The maximum atomic E-state index is 11.5. The number of ether oxygens (including phenoxy) is 1. The van der Waals surface area contributed by atoms with Crippen LogP contribution >= 0.6 is 0 Å². The van der Waals surface area contributed by atoms with Crippen molar-refractivity contribution in [3.05, 3.63) is 23.5 Å². The number of carbonyl (C=O) groups is 1. The van der Waals surface area contributed by atoms with Crippen LogP contribution in [0, 0.1) is 6.92 Å². The number of carbonyl (C=O) groups excluding carboxylic acids is 1. The molecule has 20 heavy (non-hydrogen) atoms. The molecule has 1 heterocycles. The zero-order chi connectivity index (χ0) is 15.6. The van der Waals surface area contributed by atoms with Crippen LogP contribution in [0.15, 0.2) is 17.2 Å². The summed E-state index contributed by atoms with van der Waals surface area (Å²) in [5, 5.41) is 7.57. The van der Waals surface area contributed by atoms with Gasteiger partial charge in [0.25, 0.3) is 0 Å². The summed E-state index contributed by atoms with van der Waals surface area (Å²) in [7, 11) is -3.82. The van der Waals surface area contributed by atoms with Gasteiger partial charge in [0.1, 0.15) is 10.5 Å². The van der Waals surface area contributed by atoms with Crippen LogP contribution in [0.4, 0.5) is 4.79 Å². The van der Waals surface area contributed by atoms with Crippen LogP contribution in [0.1, 0.15) is 32.0 Å². The van der Waals surface area contributed by atoms with Gasteiger partial charge in [-0.25, -0.2) is 18.4 Å². The third kappa shape index (κ3) is 5.14. The van der Waals surface area contributed by atoms with Gasteiger partial charge in [0.2, 0.25) is 10.0 Å². The van der Waals surface area contributed by atoms with Crippen LogP contribution in [0.5, 0.6) is 0 Å². The van der Waals surface area contributed by atoms with E-state index in [0.717, 1.165) is 0 Å². The third-order valence-electron chi connectivity index (χ3n) is 2.32. The number of nitrogens with one attached hydrogen (secondary N) is 1.